The van der Waals surface area contributed by atoms with Gasteiger partial charge in [0.05, 0.1) is 24.5 Å². The number of carbonyl (C=O) groups is 3. The van der Waals surface area contributed by atoms with Crippen LogP contribution in [-0.4, -0.2) is 55.3 Å². The van der Waals surface area contributed by atoms with E-state index in [1.807, 2.05) is 6.07 Å². The van der Waals surface area contributed by atoms with Crippen molar-refractivity contribution in [3.05, 3.63) is 24.3 Å². The third-order valence-corrected chi connectivity index (χ3v) is 3.85. The van der Waals surface area contributed by atoms with Crippen LogP contribution in [0.3, 0.4) is 0 Å². The van der Waals surface area contributed by atoms with Crippen molar-refractivity contribution in [3.8, 4) is 0 Å². The maximum Gasteiger partial charge on any atom is 0.250 e. The van der Waals surface area contributed by atoms with E-state index in [-0.39, 0.29) is 30.8 Å². The minimum absolute atomic E-state index is 0.0401. The van der Waals surface area contributed by atoms with Gasteiger partial charge in [0.2, 0.25) is 17.7 Å². The smallest absolute Gasteiger partial charge is 0.250 e. The fraction of sp³-hybridized carbons (Fsp3) is 0.438. The highest BCUT2D eigenvalue weighted by molar-refractivity contribution is 6.14. The van der Waals surface area contributed by atoms with Crippen molar-refractivity contribution >= 4 is 29.1 Å². The van der Waals surface area contributed by atoms with E-state index in [1.54, 1.807) is 51.0 Å². The predicted molar refractivity (Wildman–Crippen MR) is 88.2 cm³/mol. The van der Waals surface area contributed by atoms with Gasteiger partial charge in [-0.3, -0.25) is 24.2 Å². The molecule has 0 fully saturated rings. The second-order valence-electron chi connectivity index (χ2n) is 6.10. The van der Waals surface area contributed by atoms with E-state index < -0.39 is 5.54 Å². The van der Waals surface area contributed by atoms with E-state index in [1.165, 1.54) is 4.90 Å². The molecule has 3 amide bonds. The minimum atomic E-state index is -1.00. The summed E-state index contributed by atoms with van der Waals surface area (Å²) in [6.45, 7) is 3.56. The number of nitrogens with one attached hydrogen (secondary N) is 2. The van der Waals surface area contributed by atoms with Gasteiger partial charge in [0.25, 0.3) is 0 Å². The Bertz CT molecular complexity index is 642. The van der Waals surface area contributed by atoms with Gasteiger partial charge >= 0.3 is 0 Å². The number of carbonyl (C=O) groups excluding carboxylic acids is 3. The lowest BCUT2D eigenvalue weighted by Crippen LogP contribution is -2.60. The van der Waals surface area contributed by atoms with Crippen LogP contribution in [0.15, 0.2) is 24.3 Å². The van der Waals surface area contributed by atoms with Crippen LogP contribution in [0.4, 0.5) is 11.4 Å². The third-order valence-electron chi connectivity index (χ3n) is 3.85. The summed E-state index contributed by atoms with van der Waals surface area (Å²) in [6.07, 6.45) is 0. The summed E-state index contributed by atoms with van der Waals surface area (Å²) in [4.78, 5) is 39.6. The van der Waals surface area contributed by atoms with Crippen LogP contribution in [0, 0.1) is 0 Å². The van der Waals surface area contributed by atoms with Crippen molar-refractivity contribution in [2.45, 2.75) is 19.4 Å². The normalized spacial score (nSPS) is 15.9. The van der Waals surface area contributed by atoms with E-state index in [0.717, 1.165) is 0 Å². The molecule has 0 bridgehead atoms. The van der Waals surface area contributed by atoms with Gasteiger partial charge in [0.15, 0.2) is 0 Å². The topological polar surface area (TPSA) is 81.8 Å². The van der Waals surface area contributed by atoms with Gasteiger partial charge in [-0.05, 0) is 33.0 Å². The number of benzene rings is 1. The van der Waals surface area contributed by atoms with Crippen molar-refractivity contribution in [1.82, 2.24) is 10.2 Å². The zero-order valence-corrected chi connectivity index (χ0v) is 13.8. The summed E-state index contributed by atoms with van der Waals surface area (Å²) in [7, 11) is 3.24. The number of hydrogen-bond acceptors (Lipinski definition) is 4. The van der Waals surface area contributed by atoms with E-state index in [2.05, 4.69) is 10.6 Å². The Kier molecular flexibility index (Phi) is 4.70. The number of amides is 3. The summed E-state index contributed by atoms with van der Waals surface area (Å²) in [5.41, 5.74) is 0.272. The molecule has 1 aromatic carbocycles. The van der Waals surface area contributed by atoms with Gasteiger partial charge in [-0.25, -0.2) is 0 Å². The lowest BCUT2D eigenvalue weighted by atomic mass is 9.96. The Morgan fingerprint density at radius 1 is 1.26 bits per heavy atom. The molecule has 1 aromatic rings. The average Bonchev–Trinajstić information content (AvgIpc) is 2.47. The summed E-state index contributed by atoms with van der Waals surface area (Å²) < 4.78 is 0. The summed E-state index contributed by atoms with van der Waals surface area (Å²) in [6, 6.07) is 7.18. The van der Waals surface area contributed by atoms with Gasteiger partial charge in [-0.1, -0.05) is 12.1 Å². The molecule has 0 spiro atoms. The van der Waals surface area contributed by atoms with Gasteiger partial charge in [-0.2, -0.15) is 0 Å². The fourth-order valence-electron chi connectivity index (χ4n) is 2.58. The molecule has 0 atom stereocenters. The van der Waals surface area contributed by atoms with Crippen LogP contribution in [-0.2, 0) is 14.4 Å². The first-order valence-electron chi connectivity index (χ1n) is 7.40. The second kappa shape index (κ2) is 6.37. The highest BCUT2D eigenvalue weighted by atomic mass is 16.2. The molecule has 1 aliphatic rings. The van der Waals surface area contributed by atoms with Crippen molar-refractivity contribution in [2.24, 2.45) is 0 Å². The molecule has 0 radical (unpaired) electrons. The van der Waals surface area contributed by atoms with Crippen LogP contribution >= 0.6 is 0 Å². The van der Waals surface area contributed by atoms with Crippen molar-refractivity contribution < 1.29 is 14.4 Å². The Labute approximate surface area is 135 Å². The maximum atomic E-state index is 12.8. The first-order valence-corrected chi connectivity index (χ1v) is 7.40. The SMILES string of the molecule is CNC(=O)CN(C)CC(=O)N1c2ccccc2NC(=O)C1(C)C. The number of hydrogen-bond donors (Lipinski definition) is 2. The number of anilines is 2. The molecular formula is C16H22N4O3. The average molecular weight is 318 g/mol. The van der Waals surface area contributed by atoms with Gasteiger partial charge in [0, 0.05) is 7.05 Å². The standard InChI is InChI=1S/C16H22N4O3/c1-16(2)15(23)18-11-7-5-6-8-12(11)20(16)14(22)10-19(4)9-13(21)17-3/h5-8H,9-10H2,1-4H3,(H,17,21)(H,18,23). The van der Waals surface area contributed by atoms with Crippen molar-refractivity contribution in [1.29, 1.82) is 0 Å². The molecule has 2 rings (SSSR count). The van der Waals surface area contributed by atoms with Gasteiger partial charge in [-0.15, -0.1) is 0 Å². The molecule has 1 aliphatic heterocycles. The lowest BCUT2D eigenvalue weighted by molar-refractivity contribution is -0.127. The zero-order chi connectivity index (χ0) is 17.2. The Morgan fingerprint density at radius 3 is 2.57 bits per heavy atom. The third kappa shape index (κ3) is 3.34. The molecule has 0 unspecified atom stereocenters. The first kappa shape index (κ1) is 17.0. The number of nitrogens with zero attached hydrogens (tertiary/aromatic N) is 2. The summed E-state index contributed by atoms with van der Waals surface area (Å²) in [5.74, 6) is -0.640. The van der Waals surface area contributed by atoms with Crippen LogP contribution < -0.4 is 15.5 Å². The van der Waals surface area contributed by atoms with Crippen LogP contribution in [0.25, 0.3) is 0 Å². The molecule has 0 aromatic heterocycles. The molecule has 1 heterocycles. The molecule has 7 heteroatoms. The number of rotatable bonds is 4. The van der Waals surface area contributed by atoms with Crippen LogP contribution in [0.2, 0.25) is 0 Å². The molecule has 7 nitrogen and oxygen atoms in total. The molecule has 124 valence electrons. The fourth-order valence-corrected chi connectivity index (χ4v) is 2.58. The Balaban J connectivity index is 2.26. The molecule has 23 heavy (non-hydrogen) atoms. The maximum absolute atomic E-state index is 12.8. The molecule has 0 aliphatic carbocycles. The van der Waals surface area contributed by atoms with E-state index in [0.29, 0.717) is 11.4 Å². The number of para-hydroxylation sites is 2. The zero-order valence-electron chi connectivity index (χ0n) is 13.8. The summed E-state index contributed by atoms with van der Waals surface area (Å²) in [5, 5.41) is 5.34. The van der Waals surface area contributed by atoms with Gasteiger partial charge < -0.3 is 10.6 Å². The molecular weight excluding hydrogens is 296 g/mol. The van der Waals surface area contributed by atoms with E-state index >= 15 is 0 Å². The number of likely N-dealkylation sites (N-methyl/N-ethyl adjacent to an activating group) is 2. The van der Waals surface area contributed by atoms with E-state index in [4.69, 9.17) is 0 Å². The van der Waals surface area contributed by atoms with Crippen molar-refractivity contribution in [3.63, 3.8) is 0 Å². The van der Waals surface area contributed by atoms with Crippen LogP contribution in [0.1, 0.15) is 13.8 Å². The van der Waals surface area contributed by atoms with Gasteiger partial charge in [0.1, 0.15) is 5.54 Å². The van der Waals surface area contributed by atoms with Crippen molar-refractivity contribution in [2.75, 3.05) is 37.4 Å². The predicted octanol–water partition coefficient (Wildman–Crippen LogP) is 0.428. The Morgan fingerprint density at radius 2 is 1.91 bits per heavy atom. The molecule has 0 saturated carbocycles. The van der Waals surface area contributed by atoms with E-state index in [9.17, 15) is 14.4 Å². The van der Waals surface area contributed by atoms with Crippen LogP contribution in [0.5, 0.6) is 0 Å². The highest BCUT2D eigenvalue weighted by Gasteiger charge is 2.43. The molecule has 0 saturated heterocycles. The minimum Gasteiger partial charge on any atom is -0.358 e. The highest BCUT2D eigenvalue weighted by Crippen LogP contribution is 2.36. The summed E-state index contributed by atoms with van der Waals surface area (Å²) >= 11 is 0. The lowest BCUT2D eigenvalue weighted by Gasteiger charge is -2.42. The largest absolute Gasteiger partial charge is 0.358 e. The Hall–Kier alpha value is -2.41. The number of fused-ring (bicyclic) bond motifs is 1. The quantitative estimate of drug-likeness (QED) is 0.843. The second-order valence-corrected chi connectivity index (χ2v) is 6.10. The molecule has 2 N–H and O–H groups in total. The monoisotopic (exact) mass is 318 g/mol. The first-order chi connectivity index (χ1) is 10.8.